The van der Waals surface area contributed by atoms with E-state index < -0.39 is 0 Å². The summed E-state index contributed by atoms with van der Waals surface area (Å²) in [5.41, 5.74) is 11.9. The van der Waals surface area contributed by atoms with Gasteiger partial charge in [-0.2, -0.15) is 0 Å². The molecule has 0 aromatic heterocycles. The van der Waals surface area contributed by atoms with Crippen LogP contribution in [0.15, 0.2) is 0 Å². The van der Waals surface area contributed by atoms with Gasteiger partial charge in [-0.15, -0.1) is 0 Å². The molecular weight excluding hydrogens is 184 g/mol. The van der Waals surface area contributed by atoms with Gasteiger partial charge in [-0.25, -0.2) is 0 Å². The maximum Gasteiger partial charge on any atom is 0.0166 e. The normalized spacial score (nSPS) is 15.6. The molecule has 1 unspecified atom stereocenters. The first kappa shape index (κ1) is 14.9. The van der Waals surface area contributed by atoms with Crippen molar-refractivity contribution in [3.63, 3.8) is 0 Å². The quantitative estimate of drug-likeness (QED) is 0.620. The van der Waals surface area contributed by atoms with Crippen LogP contribution in [0, 0.1) is 5.92 Å². The van der Waals surface area contributed by atoms with Gasteiger partial charge in [0.25, 0.3) is 0 Å². The third-order valence-electron chi connectivity index (χ3n) is 3.43. The van der Waals surface area contributed by atoms with Crippen molar-refractivity contribution in [1.29, 1.82) is 0 Å². The van der Waals surface area contributed by atoms with Gasteiger partial charge in [0, 0.05) is 5.54 Å². The Labute approximate surface area is 95.8 Å². The van der Waals surface area contributed by atoms with E-state index >= 15 is 0 Å². The second-order valence-corrected chi connectivity index (χ2v) is 5.03. The van der Waals surface area contributed by atoms with E-state index in [2.05, 4.69) is 20.8 Å². The maximum absolute atomic E-state index is 6.37. The lowest BCUT2D eigenvalue weighted by atomic mass is 9.77. The molecule has 4 N–H and O–H groups in total. The molecule has 92 valence electrons. The van der Waals surface area contributed by atoms with Gasteiger partial charge in [-0.05, 0) is 38.6 Å². The number of hydrogen-bond acceptors (Lipinski definition) is 2. The lowest BCUT2D eigenvalue weighted by molar-refractivity contribution is 0.239. The van der Waals surface area contributed by atoms with Crippen LogP contribution in [0.1, 0.15) is 65.7 Å². The van der Waals surface area contributed by atoms with Gasteiger partial charge in [0.15, 0.2) is 0 Å². The van der Waals surface area contributed by atoms with E-state index in [1.807, 2.05) is 0 Å². The van der Waals surface area contributed by atoms with Crippen molar-refractivity contribution in [2.24, 2.45) is 17.4 Å². The summed E-state index contributed by atoms with van der Waals surface area (Å²) in [6, 6.07) is 0. The van der Waals surface area contributed by atoms with E-state index in [0.29, 0.717) is 12.5 Å². The van der Waals surface area contributed by atoms with Gasteiger partial charge in [-0.1, -0.05) is 39.5 Å². The molecular formula is C13H30N2. The summed E-state index contributed by atoms with van der Waals surface area (Å²) in [6.07, 6.45) is 8.61. The standard InChI is InChI=1S/C13H30N2/c1-4-6-8-12(9-7-5-2)13(3,15)10-11-14/h12H,4-11,14-15H2,1-3H3. The molecule has 0 radical (unpaired) electrons. The topological polar surface area (TPSA) is 52.0 Å². The van der Waals surface area contributed by atoms with Crippen molar-refractivity contribution < 1.29 is 0 Å². The van der Waals surface area contributed by atoms with E-state index in [1.165, 1.54) is 38.5 Å². The molecule has 2 nitrogen and oxygen atoms in total. The zero-order valence-electron chi connectivity index (χ0n) is 10.9. The molecule has 0 rings (SSSR count). The fourth-order valence-electron chi connectivity index (χ4n) is 2.22. The lowest BCUT2D eigenvalue weighted by Crippen LogP contribution is -2.45. The number of nitrogens with two attached hydrogens (primary N) is 2. The average Bonchev–Trinajstić information content (AvgIpc) is 2.17. The molecule has 1 atom stereocenters. The third kappa shape index (κ3) is 6.16. The molecule has 0 fully saturated rings. The predicted octanol–water partition coefficient (Wildman–Crippen LogP) is 3.05. The Bertz CT molecular complexity index is 135. The fourth-order valence-corrected chi connectivity index (χ4v) is 2.22. The highest BCUT2D eigenvalue weighted by Gasteiger charge is 2.27. The minimum absolute atomic E-state index is 0.0565. The summed E-state index contributed by atoms with van der Waals surface area (Å²) in [7, 11) is 0. The number of unbranched alkanes of at least 4 members (excludes halogenated alkanes) is 2. The van der Waals surface area contributed by atoms with Crippen LogP contribution < -0.4 is 11.5 Å². The molecule has 0 bridgehead atoms. The molecule has 0 aliphatic rings. The van der Waals surface area contributed by atoms with Crippen molar-refractivity contribution in [2.45, 2.75) is 71.3 Å². The molecule has 15 heavy (non-hydrogen) atoms. The zero-order chi connectivity index (χ0) is 11.7. The molecule has 0 aromatic rings. The second kappa shape index (κ2) is 8.12. The molecule has 0 aliphatic carbocycles. The smallest absolute Gasteiger partial charge is 0.0166 e. The first-order chi connectivity index (χ1) is 7.08. The van der Waals surface area contributed by atoms with E-state index in [0.717, 1.165) is 6.42 Å². The Hall–Kier alpha value is -0.0800. The van der Waals surface area contributed by atoms with Gasteiger partial charge >= 0.3 is 0 Å². The van der Waals surface area contributed by atoms with Crippen molar-refractivity contribution in [3.05, 3.63) is 0 Å². The van der Waals surface area contributed by atoms with E-state index in [9.17, 15) is 0 Å². The minimum Gasteiger partial charge on any atom is -0.330 e. The van der Waals surface area contributed by atoms with Crippen molar-refractivity contribution >= 4 is 0 Å². The summed E-state index contributed by atoms with van der Waals surface area (Å²) in [4.78, 5) is 0. The molecule has 0 heterocycles. The highest BCUT2D eigenvalue weighted by Crippen LogP contribution is 2.28. The highest BCUT2D eigenvalue weighted by molar-refractivity contribution is 4.87. The Kier molecular flexibility index (Phi) is 8.07. The molecule has 0 aromatic carbocycles. The van der Waals surface area contributed by atoms with Crippen LogP contribution in [0.5, 0.6) is 0 Å². The molecule has 0 saturated carbocycles. The third-order valence-corrected chi connectivity index (χ3v) is 3.43. The molecule has 0 amide bonds. The summed E-state index contributed by atoms with van der Waals surface area (Å²) in [6.45, 7) is 7.37. The molecule has 0 aliphatic heterocycles. The average molecular weight is 214 g/mol. The SMILES string of the molecule is CCCCC(CCCC)C(C)(N)CCN. The minimum atomic E-state index is -0.0565. The summed E-state index contributed by atoms with van der Waals surface area (Å²) in [5.74, 6) is 0.654. The first-order valence-electron chi connectivity index (χ1n) is 6.57. The largest absolute Gasteiger partial charge is 0.330 e. The van der Waals surface area contributed by atoms with Crippen LogP contribution in [-0.4, -0.2) is 12.1 Å². The van der Waals surface area contributed by atoms with Crippen molar-refractivity contribution in [3.8, 4) is 0 Å². The maximum atomic E-state index is 6.37. The molecule has 2 heteroatoms. The van der Waals surface area contributed by atoms with E-state index in [4.69, 9.17) is 11.5 Å². The second-order valence-electron chi connectivity index (χ2n) is 5.03. The lowest BCUT2D eigenvalue weighted by Gasteiger charge is -2.34. The Morgan fingerprint density at radius 3 is 1.87 bits per heavy atom. The van der Waals surface area contributed by atoms with Gasteiger partial charge in [0.2, 0.25) is 0 Å². The van der Waals surface area contributed by atoms with Crippen LogP contribution in [0.3, 0.4) is 0 Å². The van der Waals surface area contributed by atoms with Crippen LogP contribution in [0.25, 0.3) is 0 Å². The first-order valence-corrected chi connectivity index (χ1v) is 6.57. The molecule has 0 saturated heterocycles. The summed E-state index contributed by atoms with van der Waals surface area (Å²) in [5, 5.41) is 0. The van der Waals surface area contributed by atoms with Gasteiger partial charge in [0.05, 0.1) is 0 Å². The molecule has 0 spiro atoms. The summed E-state index contributed by atoms with van der Waals surface area (Å²) >= 11 is 0. The Balaban J connectivity index is 4.17. The van der Waals surface area contributed by atoms with Crippen LogP contribution in [-0.2, 0) is 0 Å². The highest BCUT2D eigenvalue weighted by atomic mass is 14.8. The van der Waals surface area contributed by atoms with Gasteiger partial charge in [-0.3, -0.25) is 0 Å². The Morgan fingerprint density at radius 2 is 1.53 bits per heavy atom. The van der Waals surface area contributed by atoms with Crippen molar-refractivity contribution in [2.75, 3.05) is 6.54 Å². The van der Waals surface area contributed by atoms with Gasteiger partial charge < -0.3 is 11.5 Å². The predicted molar refractivity (Wildman–Crippen MR) is 68.8 cm³/mol. The number of rotatable bonds is 9. The van der Waals surface area contributed by atoms with Crippen LogP contribution in [0.4, 0.5) is 0 Å². The zero-order valence-corrected chi connectivity index (χ0v) is 10.9. The summed E-state index contributed by atoms with van der Waals surface area (Å²) < 4.78 is 0. The van der Waals surface area contributed by atoms with Crippen LogP contribution >= 0.6 is 0 Å². The van der Waals surface area contributed by atoms with E-state index in [-0.39, 0.29) is 5.54 Å². The van der Waals surface area contributed by atoms with E-state index in [1.54, 1.807) is 0 Å². The van der Waals surface area contributed by atoms with Crippen LogP contribution in [0.2, 0.25) is 0 Å². The monoisotopic (exact) mass is 214 g/mol. The van der Waals surface area contributed by atoms with Crippen molar-refractivity contribution in [1.82, 2.24) is 0 Å². The van der Waals surface area contributed by atoms with Gasteiger partial charge in [0.1, 0.15) is 0 Å². The Morgan fingerprint density at radius 1 is 1.07 bits per heavy atom. The number of hydrogen-bond donors (Lipinski definition) is 2. The fraction of sp³-hybridized carbons (Fsp3) is 1.00.